The van der Waals surface area contributed by atoms with Crippen LogP contribution in [0.2, 0.25) is 0 Å². The fourth-order valence-corrected chi connectivity index (χ4v) is 11.9. The van der Waals surface area contributed by atoms with Gasteiger partial charge in [0.05, 0.1) is 41.2 Å². The number of nitrogens with one attached hydrogen (secondary N) is 4. The predicted octanol–water partition coefficient (Wildman–Crippen LogP) is 16.6. The Kier molecular flexibility index (Phi) is 27.1. The fourth-order valence-electron chi connectivity index (χ4n) is 10.4. The third kappa shape index (κ3) is 19.5. The van der Waals surface area contributed by atoms with Crippen LogP contribution in [0.5, 0.6) is 63.2 Å². The van der Waals surface area contributed by atoms with Crippen LogP contribution in [0.15, 0.2) is 211 Å². The van der Waals surface area contributed by atoms with Crippen LogP contribution >= 0.6 is 69.6 Å². The molecule has 3 aliphatic rings. The molecule has 554 valence electrons. The minimum absolute atomic E-state index is 0.0182. The smallest absolute Gasteiger partial charge is 0.231 e. The molecule has 0 bridgehead atoms. The Labute approximate surface area is 645 Å². The van der Waals surface area contributed by atoms with E-state index in [0.717, 1.165) is 22.3 Å². The molecule has 0 amide bonds. The summed E-state index contributed by atoms with van der Waals surface area (Å²) in [6.45, 7) is 9.21. The van der Waals surface area contributed by atoms with Crippen LogP contribution in [-0.2, 0) is 28.8 Å². The van der Waals surface area contributed by atoms with E-state index in [1.165, 1.54) is 51.7 Å². The molecule has 0 aromatic heterocycles. The number of hydrogen-bond donors (Lipinski definition) is 6. The summed E-state index contributed by atoms with van der Waals surface area (Å²) in [5.74, 6) is 0.626. The number of phenols is 2. The van der Waals surface area contributed by atoms with E-state index in [1.54, 1.807) is 106 Å². The number of rotatable bonds is 23. The number of allylic oxidation sites excluding steroid dienone is 5. The minimum Gasteiger partial charge on any atom is -0.508 e. The number of carbonyl (C=O) groups is 6. The number of anilines is 4. The highest BCUT2D eigenvalue weighted by molar-refractivity contribution is 6.68. The summed E-state index contributed by atoms with van der Waals surface area (Å²) in [6, 6.07) is 44.3. The van der Waals surface area contributed by atoms with E-state index in [9.17, 15) is 39.0 Å². The molecule has 28 heteroatoms. The zero-order valence-electron chi connectivity index (χ0n) is 58.9. The Hall–Kier alpha value is -11.1. The summed E-state index contributed by atoms with van der Waals surface area (Å²) in [5, 5.41) is 27.0. The Morgan fingerprint density at radius 1 is 0.383 bits per heavy atom. The van der Waals surface area contributed by atoms with Gasteiger partial charge in [-0.05, 0) is 166 Å². The number of alkyl halides is 2. The summed E-state index contributed by atoms with van der Waals surface area (Å²) < 4.78 is 49.2. The molecule has 1 saturated carbocycles. The topological polar surface area (TPSA) is 286 Å². The number of hydrogen-bond acceptors (Lipinski definition) is 22. The number of aromatic hydroxyl groups is 2. The van der Waals surface area contributed by atoms with Crippen molar-refractivity contribution in [3.8, 4) is 63.2 Å². The Balaban J connectivity index is 0.000000195. The highest BCUT2D eigenvalue weighted by Gasteiger charge is 2.43. The van der Waals surface area contributed by atoms with Gasteiger partial charge in [0.1, 0.15) is 88.1 Å². The number of aliphatic imine (C=N–C) groups is 1. The van der Waals surface area contributed by atoms with Gasteiger partial charge in [0, 0.05) is 46.5 Å². The van der Waals surface area contributed by atoms with Gasteiger partial charge in [-0.3, -0.25) is 28.8 Å². The molecular weight excluding hydrogens is 1500 g/mol. The van der Waals surface area contributed by atoms with E-state index in [2.05, 4.69) is 26.3 Å². The molecule has 0 radical (unpaired) electrons. The van der Waals surface area contributed by atoms with Gasteiger partial charge in [-0.15, -0.1) is 23.2 Å². The molecule has 0 spiro atoms. The number of benzene rings is 8. The number of methoxy groups -OCH3 is 5. The van der Waals surface area contributed by atoms with Gasteiger partial charge in [-0.25, -0.2) is 4.99 Å². The summed E-state index contributed by atoms with van der Waals surface area (Å²) in [6.07, 6.45) is 1.50. The number of Topliss-reactive ketones (excluding diaryl/α,β-unsaturated/α-hetero) is 6. The number of halogens is 6. The van der Waals surface area contributed by atoms with Crippen molar-refractivity contribution in [3.63, 3.8) is 0 Å². The van der Waals surface area contributed by atoms with Gasteiger partial charge in [-0.2, -0.15) is 0 Å². The molecular formula is C79H69Cl6N5O17. The lowest BCUT2D eigenvalue weighted by molar-refractivity contribution is -0.119. The highest BCUT2D eigenvalue weighted by Crippen LogP contribution is 2.39. The molecule has 11 rings (SSSR count). The van der Waals surface area contributed by atoms with Crippen molar-refractivity contribution >= 4 is 145 Å². The first-order chi connectivity index (χ1) is 51.1. The van der Waals surface area contributed by atoms with E-state index in [1.807, 2.05) is 76.2 Å². The van der Waals surface area contributed by atoms with Gasteiger partial charge < -0.3 is 74.1 Å². The van der Waals surface area contributed by atoms with Crippen LogP contribution in [0.1, 0.15) is 33.4 Å². The molecule has 0 aliphatic heterocycles. The molecule has 8 aromatic carbocycles. The van der Waals surface area contributed by atoms with E-state index >= 15 is 0 Å². The minimum atomic E-state index is -1.37. The normalized spacial score (nSPS) is 15.8. The number of ketones is 6. The second-order valence-electron chi connectivity index (χ2n) is 23.6. The lowest BCUT2D eigenvalue weighted by Gasteiger charge is -2.24. The third-order valence-electron chi connectivity index (χ3n) is 16.2. The Morgan fingerprint density at radius 3 is 1.16 bits per heavy atom. The quantitative estimate of drug-likeness (QED) is 0.0150. The second kappa shape index (κ2) is 36.3. The second-order valence-corrected chi connectivity index (χ2v) is 25.9. The molecule has 2 atom stereocenters. The summed E-state index contributed by atoms with van der Waals surface area (Å²) in [4.78, 5) is 82.3. The summed E-state index contributed by atoms with van der Waals surface area (Å²) in [5.41, 5.74) is 6.52. The van der Waals surface area contributed by atoms with E-state index < -0.39 is 45.5 Å². The Bertz CT molecular complexity index is 4770. The van der Waals surface area contributed by atoms with Crippen molar-refractivity contribution in [3.05, 3.63) is 240 Å². The lowest BCUT2D eigenvalue weighted by Crippen LogP contribution is -2.45. The van der Waals surface area contributed by atoms with Crippen LogP contribution in [0.3, 0.4) is 0 Å². The zero-order chi connectivity index (χ0) is 77.5. The van der Waals surface area contributed by atoms with Crippen molar-refractivity contribution in [1.82, 2.24) is 0 Å². The SMILES string of the molecule is COc1ccc(/C=C2\C(=O)C(Cl)C(=Nc3ccc(OC)c(OCOc4ccc(C)cc4)c3)C(=O)C2Cl)cc1OCOc1ccc(C)cc1.COc1ccc(NC2=C(Cl)C(=O)C(Nc3ccc(C)c(O)c3)=C(Cl)C2=O)cc1O.COc1ccc(NC2=C(Cl)C(=O)C(Nc3ccc(OC)c(C)c3)=C(Cl)C2=O)cc1C. The molecule has 0 saturated heterocycles. The number of carbonyl (C=O) groups excluding carboxylic acids is 6. The fraction of sp³-hybridized carbons (Fsp3) is 0.177. The average molecular weight is 1570 g/mol. The van der Waals surface area contributed by atoms with Crippen LogP contribution < -0.4 is 63.9 Å². The van der Waals surface area contributed by atoms with Crippen molar-refractivity contribution < 1.29 is 81.6 Å². The molecule has 0 heterocycles. The van der Waals surface area contributed by atoms with Gasteiger partial charge in [0.2, 0.25) is 42.5 Å². The van der Waals surface area contributed by atoms with Crippen molar-refractivity contribution in [1.29, 1.82) is 0 Å². The van der Waals surface area contributed by atoms with Crippen molar-refractivity contribution in [2.75, 3.05) is 70.4 Å². The largest absolute Gasteiger partial charge is 0.508 e. The summed E-state index contributed by atoms with van der Waals surface area (Å²) in [7, 11) is 7.55. The molecule has 107 heavy (non-hydrogen) atoms. The van der Waals surface area contributed by atoms with Gasteiger partial charge in [0.25, 0.3) is 0 Å². The average Bonchev–Trinajstić information content (AvgIpc) is 0.790. The number of phenolic OH excluding ortho intramolecular Hbond substituents is 2. The van der Waals surface area contributed by atoms with Gasteiger partial charge in [0.15, 0.2) is 40.3 Å². The molecule has 3 aliphatic carbocycles. The molecule has 8 aromatic rings. The van der Waals surface area contributed by atoms with Crippen molar-refractivity contribution in [2.24, 2.45) is 4.99 Å². The number of aryl methyl sites for hydroxylation is 5. The van der Waals surface area contributed by atoms with Gasteiger partial charge in [-0.1, -0.05) is 93.9 Å². The highest BCUT2D eigenvalue weighted by atomic mass is 35.5. The molecule has 22 nitrogen and oxygen atoms in total. The summed E-state index contributed by atoms with van der Waals surface area (Å²) >= 11 is 37.9. The Morgan fingerprint density at radius 2 is 0.757 bits per heavy atom. The first-order valence-corrected chi connectivity index (χ1v) is 34.5. The maximum absolute atomic E-state index is 13.5. The molecule has 2 unspecified atom stereocenters. The maximum Gasteiger partial charge on any atom is 0.231 e. The first kappa shape index (κ1) is 80.0. The van der Waals surface area contributed by atoms with E-state index in [0.29, 0.717) is 85.6 Å². The van der Waals surface area contributed by atoms with Gasteiger partial charge >= 0.3 is 0 Å². The molecule has 1 fully saturated rings. The lowest BCUT2D eigenvalue weighted by atomic mass is 9.88. The first-order valence-electron chi connectivity index (χ1n) is 32.1. The third-order valence-corrected chi connectivity index (χ3v) is 18.5. The van der Waals surface area contributed by atoms with E-state index in [4.69, 9.17) is 112 Å². The standard InChI is InChI=1S/C37H33Cl2NO8.C22H20Cl2N2O4.C20H16Cl2N2O5/c1-22-5-11-26(12-6-22)45-20-47-31-18-24(9-15-29(31)43-3)17-28-33(38)37(42)35(34(39)36(28)41)40-25-10-16-30(44-4)32(19-25)48-21-46-27-13-7-23(2)8-14-27;1-11-9-13(5-7-15(11)29-3)25-19-17(23)22(28)20(18(24)21(19)27)26-14-6-8-16(30-4)12(2)10-14;1-9-3-4-10(7-12(9)25)23-17-15(21)20(28)18(16(22)19(17)27)24-11-5-6-14(29-2)13(26)8-11/h5-19,33-34H,20-21H2,1-4H3;5-10,25-26H,1-4H3;3-8,23-26H,1-2H3/b28-17-,40-35?;;. The van der Waals surface area contributed by atoms with E-state index in [-0.39, 0.29) is 85.0 Å². The number of ether oxygens (including phenoxy) is 9. The number of nitrogens with zero attached hydrogens (tertiary/aromatic N) is 1. The van der Waals surface area contributed by atoms with Crippen LogP contribution in [0, 0.1) is 34.6 Å². The van der Waals surface area contributed by atoms with Crippen LogP contribution in [-0.4, -0.2) is 111 Å². The predicted molar refractivity (Wildman–Crippen MR) is 414 cm³/mol. The maximum atomic E-state index is 13.5. The van der Waals surface area contributed by atoms with Crippen LogP contribution in [0.25, 0.3) is 6.08 Å². The van der Waals surface area contributed by atoms with Crippen LogP contribution in [0.4, 0.5) is 28.4 Å². The zero-order valence-corrected chi connectivity index (χ0v) is 63.4. The van der Waals surface area contributed by atoms with Crippen molar-refractivity contribution in [2.45, 2.75) is 45.4 Å². The monoisotopic (exact) mass is 1570 g/mol. The molecule has 6 N–H and O–H groups in total.